The molecule has 0 atom stereocenters. The van der Waals surface area contributed by atoms with Gasteiger partial charge < -0.3 is 9.84 Å². The lowest BCUT2D eigenvalue weighted by atomic mass is 10.2. The van der Waals surface area contributed by atoms with Gasteiger partial charge in [-0.3, -0.25) is 0 Å². The van der Waals surface area contributed by atoms with E-state index in [1.807, 2.05) is 5.92 Å². The maximum absolute atomic E-state index is 10.7. The largest absolute Gasteiger partial charge is 0.472 e. The molecular formula is C8H10O4. The van der Waals surface area contributed by atoms with Crippen molar-refractivity contribution in [1.82, 2.24) is 0 Å². The highest BCUT2D eigenvalue weighted by Gasteiger charge is 2.14. The van der Waals surface area contributed by atoms with Gasteiger partial charge in [0.1, 0.15) is 5.60 Å². The summed E-state index contributed by atoms with van der Waals surface area (Å²) >= 11 is 0. The SMILES string of the molecule is CC(C)(C)OC(=O)C#CC(=O)O. The molecule has 0 rings (SSSR count). The monoisotopic (exact) mass is 170 g/mol. The van der Waals surface area contributed by atoms with Gasteiger partial charge in [-0.2, -0.15) is 0 Å². The third-order valence-electron chi connectivity index (χ3n) is 0.670. The molecule has 0 aliphatic heterocycles. The number of ether oxygens (including phenoxy) is 1. The molecule has 0 saturated heterocycles. The van der Waals surface area contributed by atoms with Gasteiger partial charge in [0, 0.05) is 11.8 Å². The number of carboxylic acid groups (broad SMARTS) is 1. The quantitative estimate of drug-likeness (QED) is 0.325. The number of carbonyl (C=O) groups is 2. The first-order valence-electron chi connectivity index (χ1n) is 3.29. The van der Waals surface area contributed by atoms with Crippen LogP contribution >= 0.6 is 0 Å². The van der Waals surface area contributed by atoms with E-state index in [1.54, 1.807) is 26.7 Å². The molecule has 1 N–H and O–H groups in total. The summed E-state index contributed by atoms with van der Waals surface area (Å²) in [5.41, 5.74) is -0.635. The summed E-state index contributed by atoms with van der Waals surface area (Å²) in [6.07, 6.45) is 0. The lowest BCUT2D eigenvalue weighted by Crippen LogP contribution is -2.22. The average Bonchev–Trinajstić information content (AvgIpc) is 1.79. The summed E-state index contributed by atoms with van der Waals surface area (Å²) in [5.74, 6) is 1.31. The maximum Gasteiger partial charge on any atom is 0.385 e. The molecule has 66 valence electrons. The minimum atomic E-state index is -1.35. The lowest BCUT2D eigenvalue weighted by Gasteiger charge is -2.16. The van der Waals surface area contributed by atoms with E-state index in [-0.39, 0.29) is 0 Å². The number of hydrogen-bond acceptors (Lipinski definition) is 3. The number of esters is 1. The minimum Gasteiger partial charge on any atom is -0.472 e. The molecule has 0 radical (unpaired) electrons. The van der Waals surface area contributed by atoms with Gasteiger partial charge in [-0.1, -0.05) is 0 Å². The average molecular weight is 170 g/mol. The predicted octanol–water partition coefficient (Wildman–Crippen LogP) is 0.416. The van der Waals surface area contributed by atoms with Gasteiger partial charge in [-0.25, -0.2) is 9.59 Å². The summed E-state index contributed by atoms with van der Waals surface area (Å²) < 4.78 is 4.71. The zero-order chi connectivity index (χ0) is 9.78. The van der Waals surface area contributed by atoms with Crippen LogP contribution in [0.15, 0.2) is 0 Å². The van der Waals surface area contributed by atoms with Crippen molar-refractivity contribution in [3.8, 4) is 11.8 Å². The van der Waals surface area contributed by atoms with Gasteiger partial charge in [-0.05, 0) is 20.8 Å². The van der Waals surface area contributed by atoms with Crippen molar-refractivity contribution in [3.05, 3.63) is 0 Å². The van der Waals surface area contributed by atoms with Gasteiger partial charge in [-0.15, -0.1) is 0 Å². The van der Waals surface area contributed by atoms with Gasteiger partial charge in [0.15, 0.2) is 0 Å². The molecule has 0 aromatic heterocycles. The molecule has 12 heavy (non-hydrogen) atoms. The number of hydrogen-bond donors (Lipinski definition) is 1. The van der Waals surface area contributed by atoms with E-state index in [9.17, 15) is 9.59 Å². The Balaban J connectivity index is 4.11. The van der Waals surface area contributed by atoms with E-state index in [1.165, 1.54) is 0 Å². The van der Waals surface area contributed by atoms with Crippen molar-refractivity contribution >= 4 is 11.9 Å². The fourth-order valence-corrected chi connectivity index (χ4v) is 0.408. The molecule has 0 heterocycles. The van der Waals surface area contributed by atoms with Crippen molar-refractivity contribution in [2.24, 2.45) is 0 Å². The van der Waals surface area contributed by atoms with E-state index < -0.39 is 17.5 Å². The molecule has 4 nitrogen and oxygen atoms in total. The third-order valence-corrected chi connectivity index (χ3v) is 0.670. The van der Waals surface area contributed by atoms with Crippen molar-refractivity contribution in [3.63, 3.8) is 0 Å². The first-order chi connectivity index (χ1) is 5.31. The summed E-state index contributed by atoms with van der Waals surface area (Å²) in [6, 6.07) is 0. The van der Waals surface area contributed by atoms with E-state index in [0.717, 1.165) is 0 Å². The van der Waals surface area contributed by atoms with Crippen LogP contribution in [0, 0.1) is 11.8 Å². The minimum absolute atomic E-state index is 0.635. The number of carbonyl (C=O) groups excluding carboxylic acids is 1. The zero-order valence-corrected chi connectivity index (χ0v) is 7.17. The molecule has 0 unspecified atom stereocenters. The highest BCUT2D eigenvalue weighted by atomic mass is 16.6. The lowest BCUT2D eigenvalue weighted by molar-refractivity contribution is -0.147. The standard InChI is InChI=1S/C8H10O4/c1-8(2,3)12-7(11)5-4-6(9)10/h1-3H3,(H,9,10). The Morgan fingerprint density at radius 1 is 1.25 bits per heavy atom. The number of carboxylic acids is 1. The molecule has 0 bridgehead atoms. The maximum atomic E-state index is 10.7. The Kier molecular flexibility index (Phi) is 3.30. The molecule has 0 aliphatic rings. The van der Waals surface area contributed by atoms with Crippen LogP contribution in [0.5, 0.6) is 0 Å². The number of rotatable bonds is 0. The topological polar surface area (TPSA) is 63.6 Å². The normalized spacial score (nSPS) is 9.58. The van der Waals surface area contributed by atoms with Gasteiger partial charge in [0.05, 0.1) is 0 Å². The van der Waals surface area contributed by atoms with Crippen molar-refractivity contribution in [1.29, 1.82) is 0 Å². The van der Waals surface area contributed by atoms with E-state index >= 15 is 0 Å². The first-order valence-corrected chi connectivity index (χ1v) is 3.29. The Bertz CT molecular complexity index is 248. The van der Waals surface area contributed by atoms with Crippen LogP contribution in [0.25, 0.3) is 0 Å². The van der Waals surface area contributed by atoms with Crippen LogP contribution < -0.4 is 0 Å². The van der Waals surface area contributed by atoms with Crippen LogP contribution in [0.1, 0.15) is 20.8 Å². The Hall–Kier alpha value is -1.50. The van der Waals surface area contributed by atoms with Crippen molar-refractivity contribution in [2.45, 2.75) is 26.4 Å². The second-order valence-corrected chi connectivity index (χ2v) is 3.06. The summed E-state index contributed by atoms with van der Waals surface area (Å²) in [6.45, 7) is 5.02. The van der Waals surface area contributed by atoms with Gasteiger partial charge in [0.2, 0.25) is 0 Å². The highest BCUT2D eigenvalue weighted by molar-refractivity contribution is 5.97. The third kappa shape index (κ3) is 6.62. The zero-order valence-electron chi connectivity index (χ0n) is 7.17. The van der Waals surface area contributed by atoms with Gasteiger partial charge >= 0.3 is 11.9 Å². The molecule has 4 heteroatoms. The van der Waals surface area contributed by atoms with Crippen molar-refractivity contribution in [2.75, 3.05) is 0 Å². The van der Waals surface area contributed by atoms with E-state index in [2.05, 4.69) is 0 Å². The molecule has 0 spiro atoms. The molecule has 0 aliphatic carbocycles. The van der Waals surface area contributed by atoms with Gasteiger partial charge in [0.25, 0.3) is 0 Å². The fourth-order valence-electron chi connectivity index (χ4n) is 0.408. The molecular weight excluding hydrogens is 160 g/mol. The summed E-state index contributed by atoms with van der Waals surface area (Å²) in [7, 11) is 0. The second kappa shape index (κ2) is 3.77. The first kappa shape index (κ1) is 10.5. The summed E-state index contributed by atoms with van der Waals surface area (Å²) in [5, 5.41) is 8.08. The molecule has 0 saturated carbocycles. The predicted molar refractivity (Wildman–Crippen MR) is 41.3 cm³/mol. The van der Waals surface area contributed by atoms with Crippen LogP contribution in [-0.4, -0.2) is 22.6 Å². The summed E-state index contributed by atoms with van der Waals surface area (Å²) in [4.78, 5) is 20.6. The van der Waals surface area contributed by atoms with Crippen molar-refractivity contribution < 1.29 is 19.4 Å². The molecule has 0 aromatic rings. The van der Waals surface area contributed by atoms with E-state index in [0.29, 0.717) is 0 Å². The smallest absolute Gasteiger partial charge is 0.385 e. The molecule has 0 fully saturated rings. The second-order valence-electron chi connectivity index (χ2n) is 3.06. The highest BCUT2D eigenvalue weighted by Crippen LogP contribution is 2.05. The fraction of sp³-hybridized carbons (Fsp3) is 0.500. The van der Waals surface area contributed by atoms with Crippen LogP contribution in [-0.2, 0) is 14.3 Å². The molecule has 0 aromatic carbocycles. The Labute approximate surface area is 70.5 Å². The Morgan fingerprint density at radius 3 is 2.08 bits per heavy atom. The van der Waals surface area contributed by atoms with Crippen LogP contribution in [0.2, 0.25) is 0 Å². The van der Waals surface area contributed by atoms with Crippen LogP contribution in [0.4, 0.5) is 0 Å². The van der Waals surface area contributed by atoms with Crippen LogP contribution in [0.3, 0.4) is 0 Å². The van der Waals surface area contributed by atoms with E-state index in [4.69, 9.17) is 9.84 Å². The molecule has 0 amide bonds. The Morgan fingerprint density at radius 2 is 1.75 bits per heavy atom. The number of aliphatic carboxylic acids is 1.